The number of hydrogen-bond acceptors (Lipinski definition) is 5. The fraction of sp³-hybridized carbons (Fsp3) is 0.261. The first-order valence-corrected chi connectivity index (χ1v) is 13.0. The van der Waals surface area contributed by atoms with Crippen LogP contribution in [0.4, 0.5) is 0 Å². The third kappa shape index (κ3) is 5.93. The van der Waals surface area contributed by atoms with Gasteiger partial charge in [-0.1, -0.05) is 56.9 Å². The normalized spacial score (nSPS) is 18.2. The lowest BCUT2D eigenvalue weighted by Crippen LogP contribution is -2.32. The molecule has 0 amide bonds. The highest BCUT2D eigenvalue weighted by Gasteiger charge is 2.25. The summed E-state index contributed by atoms with van der Waals surface area (Å²) in [5.41, 5.74) is 2.72. The Labute approximate surface area is 189 Å². The topological polar surface area (TPSA) is 102 Å². The monoisotopic (exact) mass is 474 g/mol. The molecule has 1 unspecified atom stereocenters. The first kappa shape index (κ1) is 23.9. The molecule has 0 aromatic heterocycles. The number of sulfonamides is 1. The second-order valence-electron chi connectivity index (χ2n) is 7.56. The van der Waals surface area contributed by atoms with Crippen molar-refractivity contribution in [1.82, 2.24) is 4.72 Å². The van der Waals surface area contributed by atoms with E-state index in [1.165, 1.54) is 25.3 Å². The molecule has 32 heavy (non-hydrogen) atoms. The Morgan fingerprint density at radius 2 is 1.56 bits per heavy atom. The molecule has 2 atom stereocenters. The average Bonchev–Trinajstić information content (AvgIpc) is 3.19. The Balaban J connectivity index is 2.00. The minimum Gasteiger partial charge on any atom is -0.466 e. The number of carbonyl (C=O) groups is 1. The summed E-state index contributed by atoms with van der Waals surface area (Å²) >= 11 is 0. The molecule has 1 N–H and O–H groups in total. The summed E-state index contributed by atoms with van der Waals surface area (Å²) < 4.78 is 51.3. The van der Waals surface area contributed by atoms with Crippen LogP contribution in [0.15, 0.2) is 85.9 Å². The molecule has 0 fully saturated rings. The minimum atomic E-state index is -4.18. The van der Waals surface area contributed by atoms with Gasteiger partial charge in [-0.25, -0.2) is 13.7 Å². The Morgan fingerprint density at radius 3 is 2.12 bits per heavy atom. The van der Waals surface area contributed by atoms with E-state index in [0.717, 1.165) is 16.7 Å². The van der Waals surface area contributed by atoms with Gasteiger partial charge in [-0.3, -0.25) is 0 Å². The molecule has 2 aromatic rings. The Bertz CT molecular complexity index is 1270. The number of ether oxygens (including phenoxy) is 1. The van der Waals surface area contributed by atoms with Crippen LogP contribution < -0.4 is 4.72 Å². The van der Waals surface area contributed by atoms with Crippen LogP contribution in [0.3, 0.4) is 0 Å². The van der Waals surface area contributed by atoms with Gasteiger partial charge in [-0.15, -0.1) is 0 Å². The SMILES string of the molecule is COC(=O)/C=C/C1=C[C@H](NS(=O)(=NS(=O)(=O)c2ccc(C)cc2)c2ccc(C)cc2)CC1. The van der Waals surface area contributed by atoms with Gasteiger partial charge in [0.2, 0.25) is 0 Å². The molecular formula is C23H26N2O5S2. The van der Waals surface area contributed by atoms with E-state index >= 15 is 0 Å². The fourth-order valence-electron chi connectivity index (χ4n) is 3.17. The number of nitrogens with one attached hydrogen (secondary N) is 1. The lowest BCUT2D eigenvalue weighted by atomic mass is 10.2. The van der Waals surface area contributed by atoms with Crippen molar-refractivity contribution in [3.05, 3.63) is 83.5 Å². The molecule has 7 nitrogen and oxygen atoms in total. The first-order valence-electron chi connectivity index (χ1n) is 10.0. The smallest absolute Gasteiger partial charge is 0.330 e. The van der Waals surface area contributed by atoms with Crippen LogP contribution >= 0.6 is 0 Å². The van der Waals surface area contributed by atoms with Crippen LogP contribution in [0.1, 0.15) is 24.0 Å². The maximum absolute atomic E-state index is 14.0. The van der Waals surface area contributed by atoms with Crippen LogP contribution in [-0.4, -0.2) is 31.7 Å². The molecule has 0 bridgehead atoms. The molecule has 2 aromatic carbocycles. The van der Waals surface area contributed by atoms with Crippen molar-refractivity contribution in [3.63, 3.8) is 0 Å². The highest BCUT2D eigenvalue weighted by molar-refractivity contribution is 8.02. The zero-order valence-electron chi connectivity index (χ0n) is 18.1. The van der Waals surface area contributed by atoms with Crippen molar-refractivity contribution in [2.75, 3.05) is 7.11 Å². The summed E-state index contributed by atoms with van der Waals surface area (Å²) in [7, 11) is -6.40. The van der Waals surface area contributed by atoms with Gasteiger partial charge >= 0.3 is 5.97 Å². The molecule has 0 aliphatic heterocycles. The molecule has 9 heteroatoms. The molecule has 1 aliphatic rings. The number of carbonyl (C=O) groups excluding carboxylic acids is 1. The minimum absolute atomic E-state index is 0.0200. The second kappa shape index (κ2) is 9.81. The summed E-state index contributed by atoms with van der Waals surface area (Å²) in [5.74, 6) is -0.468. The van der Waals surface area contributed by atoms with Crippen LogP contribution in [0.2, 0.25) is 0 Å². The highest BCUT2D eigenvalue weighted by atomic mass is 32.3. The van der Waals surface area contributed by atoms with Gasteiger partial charge in [0.15, 0.2) is 9.92 Å². The molecule has 0 saturated carbocycles. The maximum Gasteiger partial charge on any atom is 0.330 e. The molecule has 3 rings (SSSR count). The molecule has 1 aliphatic carbocycles. The van der Waals surface area contributed by atoms with E-state index in [1.807, 2.05) is 19.9 Å². The molecular weight excluding hydrogens is 448 g/mol. The number of allylic oxidation sites excluding steroid dienone is 2. The van der Waals surface area contributed by atoms with Gasteiger partial charge < -0.3 is 4.74 Å². The van der Waals surface area contributed by atoms with Crippen molar-refractivity contribution < 1.29 is 22.2 Å². The number of hydrogen-bond donors (Lipinski definition) is 1. The fourth-order valence-corrected chi connectivity index (χ4v) is 6.86. The molecule has 0 saturated heterocycles. The predicted molar refractivity (Wildman–Crippen MR) is 124 cm³/mol. The standard InChI is InChI=1S/C23H26N2O5S2/c1-17-4-11-21(12-5-17)31(27,25-32(28,29)22-13-6-18(2)7-14-22)24-20-10-8-19(16-20)9-15-23(26)30-3/h4-7,9,11-16,20H,8,10H2,1-3H3,(H,24,25,27)/b15-9+/t20-,31?/m1/s1. The third-order valence-corrected chi connectivity index (χ3v) is 8.99. The Kier molecular flexibility index (Phi) is 7.33. The summed E-state index contributed by atoms with van der Waals surface area (Å²) in [6, 6.07) is 12.6. The van der Waals surface area contributed by atoms with Crippen molar-refractivity contribution in [2.45, 2.75) is 42.5 Å². The van der Waals surface area contributed by atoms with Crippen LogP contribution in [-0.2, 0) is 29.5 Å². The number of esters is 1. The van der Waals surface area contributed by atoms with Gasteiger partial charge in [-0.2, -0.15) is 8.42 Å². The number of rotatable bonds is 7. The van der Waals surface area contributed by atoms with Gasteiger partial charge in [-0.05, 0) is 51.0 Å². The van der Waals surface area contributed by atoms with E-state index in [4.69, 9.17) is 0 Å². The summed E-state index contributed by atoms with van der Waals surface area (Å²) in [6.45, 7) is 3.74. The van der Waals surface area contributed by atoms with Crippen molar-refractivity contribution in [1.29, 1.82) is 0 Å². The summed E-state index contributed by atoms with van der Waals surface area (Å²) in [6.07, 6.45) is 6.00. The van der Waals surface area contributed by atoms with Crippen molar-refractivity contribution in [2.24, 2.45) is 3.77 Å². The zero-order valence-corrected chi connectivity index (χ0v) is 19.8. The third-order valence-electron chi connectivity index (χ3n) is 4.97. The van der Waals surface area contributed by atoms with Crippen LogP contribution in [0.25, 0.3) is 0 Å². The van der Waals surface area contributed by atoms with Crippen molar-refractivity contribution in [3.8, 4) is 0 Å². The zero-order chi connectivity index (χ0) is 23.4. The van der Waals surface area contributed by atoms with E-state index in [-0.39, 0.29) is 15.8 Å². The van der Waals surface area contributed by atoms with E-state index in [0.29, 0.717) is 12.8 Å². The van der Waals surface area contributed by atoms with E-state index < -0.39 is 25.9 Å². The maximum atomic E-state index is 14.0. The highest BCUT2D eigenvalue weighted by Crippen LogP contribution is 2.25. The number of nitrogens with zero attached hydrogens (tertiary/aromatic N) is 1. The molecule has 0 heterocycles. The molecule has 0 spiro atoms. The summed E-state index contributed by atoms with van der Waals surface area (Å²) in [4.78, 5) is 11.6. The quantitative estimate of drug-likeness (QED) is 0.485. The molecule has 170 valence electrons. The number of methoxy groups -OCH3 is 1. The number of benzene rings is 2. The average molecular weight is 475 g/mol. The molecule has 0 radical (unpaired) electrons. The van der Waals surface area contributed by atoms with E-state index in [9.17, 15) is 17.4 Å². The number of aryl methyl sites for hydroxylation is 2. The van der Waals surface area contributed by atoms with Crippen LogP contribution in [0.5, 0.6) is 0 Å². The van der Waals surface area contributed by atoms with Gasteiger partial charge in [0.25, 0.3) is 10.0 Å². The lowest BCUT2D eigenvalue weighted by molar-refractivity contribution is -0.134. The second-order valence-corrected chi connectivity index (χ2v) is 11.3. The van der Waals surface area contributed by atoms with E-state index in [1.54, 1.807) is 42.5 Å². The van der Waals surface area contributed by atoms with Crippen molar-refractivity contribution >= 4 is 25.9 Å². The summed E-state index contributed by atoms with van der Waals surface area (Å²) in [5, 5.41) is 0. The Hall–Kier alpha value is -2.75. The van der Waals surface area contributed by atoms with Crippen LogP contribution in [0, 0.1) is 13.8 Å². The van der Waals surface area contributed by atoms with E-state index in [2.05, 4.69) is 13.2 Å². The Morgan fingerprint density at radius 1 is 1.00 bits per heavy atom. The predicted octanol–water partition coefficient (Wildman–Crippen LogP) is 3.84. The van der Waals surface area contributed by atoms with Gasteiger partial charge in [0, 0.05) is 12.1 Å². The first-order chi connectivity index (χ1) is 15.1. The lowest BCUT2D eigenvalue weighted by Gasteiger charge is -2.16. The van der Waals surface area contributed by atoms with Gasteiger partial charge in [0.1, 0.15) is 0 Å². The van der Waals surface area contributed by atoms with Gasteiger partial charge in [0.05, 0.1) is 16.9 Å². The largest absolute Gasteiger partial charge is 0.466 e.